The van der Waals surface area contributed by atoms with Gasteiger partial charge < -0.3 is 16.0 Å². The van der Waals surface area contributed by atoms with Gasteiger partial charge in [0.2, 0.25) is 0 Å². The van der Waals surface area contributed by atoms with Gasteiger partial charge >= 0.3 is 0 Å². The second kappa shape index (κ2) is 6.17. The van der Waals surface area contributed by atoms with E-state index in [9.17, 15) is 13.6 Å². The number of nitrogens with one attached hydrogen (secondary N) is 1. The van der Waals surface area contributed by atoms with Gasteiger partial charge in [-0.2, -0.15) is 0 Å². The monoisotopic (exact) mass is 283 g/mol. The molecule has 1 aromatic rings. The first kappa shape index (κ1) is 14.7. The van der Waals surface area contributed by atoms with Crippen LogP contribution in [-0.2, 0) is 0 Å². The van der Waals surface area contributed by atoms with Gasteiger partial charge in [0, 0.05) is 18.7 Å². The Bertz CT molecular complexity index is 501. The third-order valence-corrected chi connectivity index (χ3v) is 3.44. The highest BCUT2D eigenvalue weighted by Crippen LogP contribution is 2.17. The van der Waals surface area contributed by atoms with Crippen molar-refractivity contribution in [3.63, 3.8) is 0 Å². The fraction of sp³-hybridized carbons (Fsp3) is 0.500. The van der Waals surface area contributed by atoms with Crippen LogP contribution in [0.5, 0.6) is 0 Å². The Morgan fingerprint density at radius 1 is 1.35 bits per heavy atom. The van der Waals surface area contributed by atoms with Crippen LogP contribution in [0.3, 0.4) is 0 Å². The van der Waals surface area contributed by atoms with Crippen molar-refractivity contribution in [1.29, 1.82) is 0 Å². The first-order valence-electron chi connectivity index (χ1n) is 6.75. The molecule has 1 aromatic carbocycles. The zero-order valence-electron chi connectivity index (χ0n) is 11.5. The summed E-state index contributed by atoms with van der Waals surface area (Å²) in [7, 11) is 0. The summed E-state index contributed by atoms with van der Waals surface area (Å²) in [5.41, 5.74) is 4.90. The number of hydrogen-bond donors (Lipinski definition) is 2. The summed E-state index contributed by atoms with van der Waals surface area (Å²) in [6, 6.07) is 1.56. The first-order chi connectivity index (χ1) is 9.47. The molecule has 1 aliphatic rings. The molecule has 0 bridgehead atoms. The minimum Gasteiger partial charge on any atom is -0.396 e. The van der Waals surface area contributed by atoms with E-state index in [-0.39, 0.29) is 17.3 Å². The normalized spacial score (nSPS) is 17.1. The van der Waals surface area contributed by atoms with Gasteiger partial charge in [-0.3, -0.25) is 4.79 Å². The largest absolute Gasteiger partial charge is 0.396 e. The Morgan fingerprint density at radius 2 is 2.00 bits per heavy atom. The van der Waals surface area contributed by atoms with Gasteiger partial charge in [-0.25, -0.2) is 8.78 Å². The second-order valence-electron chi connectivity index (χ2n) is 5.24. The lowest BCUT2D eigenvalue weighted by molar-refractivity contribution is 0.0928. The first-order valence-corrected chi connectivity index (χ1v) is 6.75. The van der Waals surface area contributed by atoms with E-state index in [4.69, 9.17) is 5.73 Å². The topological polar surface area (TPSA) is 58.4 Å². The number of nitrogen functional groups attached to an aromatic ring is 1. The van der Waals surface area contributed by atoms with Crippen LogP contribution < -0.4 is 11.1 Å². The SMILES string of the molecule is CC(CN1CCCC1)NC(=O)c1cc(N)c(F)cc1F. The van der Waals surface area contributed by atoms with E-state index in [1.54, 1.807) is 0 Å². The number of carbonyl (C=O) groups is 1. The average molecular weight is 283 g/mol. The van der Waals surface area contributed by atoms with Gasteiger partial charge in [0.25, 0.3) is 5.91 Å². The second-order valence-corrected chi connectivity index (χ2v) is 5.24. The number of benzene rings is 1. The van der Waals surface area contributed by atoms with Gasteiger partial charge in [-0.1, -0.05) is 0 Å². The van der Waals surface area contributed by atoms with Crippen LogP contribution in [0.15, 0.2) is 12.1 Å². The maximum atomic E-state index is 13.6. The molecule has 0 saturated carbocycles. The molecular weight excluding hydrogens is 264 g/mol. The molecular formula is C14H19F2N3O. The predicted octanol–water partition coefficient (Wildman–Crippen LogP) is 1.76. The molecule has 1 heterocycles. The standard InChI is InChI=1S/C14H19F2N3O/c1-9(8-19-4-2-3-5-19)18-14(20)10-6-13(17)12(16)7-11(10)15/h6-7,9H,2-5,8,17H2,1H3,(H,18,20). The van der Waals surface area contributed by atoms with Gasteiger partial charge in [0.05, 0.1) is 11.3 Å². The van der Waals surface area contributed by atoms with Crippen molar-refractivity contribution in [3.05, 3.63) is 29.3 Å². The van der Waals surface area contributed by atoms with Crippen molar-refractivity contribution >= 4 is 11.6 Å². The maximum absolute atomic E-state index is 13.6. The Labute approximate surface area is 116 Å². The number of amides is 1. The summed E-state index contributed by atoms with van der Waals surface area (Å²) in [4.78, 5) is 14.2. The molecule has 0 radical (unpaired) electrons. The quantitative estimate of drug-likeness (QED) is 0.828. The van der Waals surface area contributed by atoms with E-state index in [0.717, 1.165) is 25.7 Å². The Kier molecular flexibility index (Phi) is 4.54. The fourth-order valence-electron chi connectivity index (χ4n) is 2.44. The summed E-state index contributed by atoms with van der Waals surface area (Å²) in [5.74, 6) is -2.33. The third kappa shape index (κ3) is 3.45. The van der Waals surface area contributed by atoms with E-state index in [1.165, 1.54) is 12.8 Å². The molecule has 4 nitrogen and oxygen atoms in total. The van der Waals surface area contributed by atoms with Crippen LogP contribution in [0.1, 0.15) is 30.1 Å². The average Bonchev–Trinajstić information content (AvgIpc) is 2.86. The van der Waals surface area contributed by atoms with Gasteiger partial charge in [0.15, 0.2) is 0 Å². The Hall–Kier alpha value is -1.69. The number of halogens is 2. The molecule has 1 saturated heterocycles. The Balaban J connectivity index is 1.98. The smallest absolute Gasteiger partial charge is 0.254 e. The van der Waals surface area contributed by atoms with E-state index in [2.05, 4.69) is 10.2 Å². The number of likely N-dealkylation sites (tertiary alicyclic amines) is 1. The lowest BCUT2D eigenvalue weighted by Crippen LogP contribution is -2.41. The summed E-state index contributed by atoms with van der Waals surface area (Å²) in [6.45, 7) is 4.64. The van der Waals surface area contributed by atoms with Crippen LogP contribution in [0, 0.1) is 11.6 Å². The van der Waals surface area contributed by atoms with Gasteiger partial charge in [-0.15, -0.1) is 0 Å². The minimum absolute atomic E-state index is 0.105. The summed E-state index contributed by atoms with van der Waals surface area (Å²) >= 11 is 0. The highest BCUT2D eigenvalue weighted by Gasteiger charge is 2.19. The van der Waals surface area contributed by atoms with Crippen molar-refractivity contribution in [2.75, 3.05) is 25.4 Å². The number of nitrogens with two attached hydrogens (primary N) is 1. The molecule has 3 N–H and O–H groups in total. The summed E-state index contributed by atoms with van der Waals surface area (Å²) in [6.07, 6.45) is 2.34. The van der Waals surface area contributed by atoms with Crippen molar-refractivity contribution in [2.24, 2.45) is 0 Å². The molecule has 1 atom stereocenters. The minimum atomic E-state index is -0.900. The van der Waals surface area contributed by atoms with Crippen LogP contribution >= 0.6 is 0 Å². The number of hydrogen-bond acceptors (Lipinski definition) is 3. The number of carbonyl (C=O) groups excluding carboxylic acids is 1. The Morgan fingerprint density at radius 3 is 2.65 bits per heavy atom. The predicted molar refractivity (Wildman–Crippen MR) is 73.4 cm³/mol. The molecule has 0 spiro atoms. The van der Waals surface area contributed by atoms with Gasteiger partial charge in [-0.05, 0) is 38.9 Å². The highest BCUT2D eigenvalue weighted by molar-refractivity contribution is 5.95. The molecule has 1 aliphatic heterocycles. The molecule has 0 aliphatic carbocycles. The summed E-state index contributed by atoms with van der Waals surface area (Å²) in [5, 5.41) is 2.71. The van der Waals surface area contributed by atoms with Crippen molar-refractivity contribution in [2.45, 2.75) is 25.8 Å². The lowest BCUT2D eigenvalue weighted by atomic mass is 10.1. The van der Waals surface area contributed by atoms with E-state index in [0.29, 0.717) is 6.07 Å². The van der Waals surface area contributed by atoms with Crippen LogP contribution in [-0.4, -0.2) is 36.5 Å². The van der Waals surface area contributed by atoms with Crippen molar-refractivity contribution in [1.82, 2.24) is 10.2 Å². The fourth-order valence-corrected chi connectivity index (χ4v) is 2.44. The van der Waals surface area contributed by atoms with Crippen LogP contribution in [0.25, 0.3) is 0 Å². The lowest BCUT2D eigenvalue weighted by Gasteiger charge is -2.21. The molecule has 0 aromatic heterocycles. The third-order valence-electron chi connectivity index (χ3n) is 3.44. The van der Waals surface area contributed by atoms with Crippen LogP contribution in [0.2, 0.25) is 0 Å². The number of anilines is 1. The zero-order valence-corrected chi connectivity index (χ0v) is 11.5. The molecule has 2 rings (SSSR count). The van der Waals surface area contributed by atoms with Gasteiger partial charge in [0.1, 0.15) is 11.6 Å². The molecule has 1 unspecified atom stereocenters. The van der Waals surface area contributed by atoms with Crippen LogP contribution in [0.4, 0.5) is 14.5 Å². The molecule has 6 heteroatoms. The summed E-state index contributed by atoms with van der Waals surface area (Å²) < 4.78 is 26.6. The number of nitrogens with zero attached hydrogens (tertiary/aromatic N) is 1. The van der Waals surface area contributed by atoms with E-state index >= 15 is 0 Å². The zero-order chi connectivity index (χ0) is 14.7. The van der Waals surface area contributed by atoms with E-state index < -0.39 is 17.5 Å². The molecule has 1 amide bonds. The van der Waals surface area contributed by atoms with Crippen molar-refractivity contribution in [3.8, 4) is 0 Å². The van der Waals surface area contributed by atoms with Crippen molar-refractivity contribution < 1.29 is 13.6 Å². The number of rotatable bonds is 4. The van der Waals surface area contributed by atoms with E-state index in [1.807, 2.05) is 6.92 Å². The molecule has 20 heavy (non-hydrogen) atoms. The molecule has 1 fully saturated rings. The highest BCUT2D eigenvalue weighted by atomic mass is 19.1. The molecule has 110 valence electrons. The maximum Gasteiger partial charge on any atom is 0.254 e.